The van der Waals surface area contributed by atoms with Gasteiger partial charge in [-0.3, -0.25) is 4.79 Å². The van der Waals surface area contributed by atoms with E-state index in [1.165, 1.54) is 12.5 Å². The molecular weight excluding hydrogens is 576 g/mol. The Kier molecular flexibility index (Phi) is 7.11. The lowest BCUT2D eigenvalue weighted by atomic mass is 9.81. The van der Waals surface area contributed by atoms with Gasteiger partial charge < -0.3 is 18.5 Å². The number of oxime groups is 2. The number of hydrogen-bond acceptors (Lipinski definition) is 7. The summed E-state index contributed by atoms with van der Waals surface area (Å²) in [6.07, 6.45) is 2.16. The Bertz CT molecular complexity index is 1880. The molecular formula is C39H28N2O5. The minimum absolute atomic E-state index is 0.171. The van der Waals surface area contributed by atoms with Gasteiger partial charge >= 0.3 is 0 Å². The molecule has 224 valence electrons. The van der Waals surface area contributed by atoms with Crippen molar-refractivity contribution < 1.29 is 23.3 Å². The maximum Gasteiger partial charge on any atom is 0.263 e. The van der Waals surface area contributed by atoms with Gasteiger partial charge in [0.15, 0.2) is 23.7 Å². The fourth-order valence-corrected chi connectivity index (χ4v) is 6.44. The van der Waals surface area contributed by atoms with Gasteiger partial charge in [0.1, 0.15) is 0 Å². The van der Waals surface area contributed by atoms with E-state index in [9.17, 15) is 4.79 Å². The third-order valence-corrected chi connectivity index (χ3v) is 8.59. The highest BCUT2D eigenvalue weighted by molar-refractivity contribution is 6.13. The fourth-order valence-electron chi connectivity index (χ4n) is 6.44. The van der Waals surface area contributed by atoms with Gasteiger partial charge in [-0.1, -0.05) is 132 Å². The highest BCUT2D eigenvalue weighted by Gasteiger charge is 2.44. The number of nitrogens with zero attached hydrogens (tertiary/aromatic N) is 2. The van der Waals surface area contributed by atoms with Crippen molar-refractivity contribution in [1.29, 1.82) is 0 Å². The van der Waals surface area contributed by atoms with Crippen LogP contribution >= 0.6 is 0 Å². The second-order valence-corrected chi connectivity index (χ2v) is 11.3. The summed E-state index contributed by atoms with van der Waals surface area (Å²) >= 11 is 0. The Morgan fingerprint density at radius 3 is 1.24 bits per heavy atom. The first-order valence-corrected chi connectivity index (χ1v) is 15.2. The molecule has 0 spiro atoms. The third kappa shape index (κ3) is 4.82. The molecule has 7 nitrogen and oxygen atoms in total. The molecule has 8 rings (SSSR count). The molecule has 0 N–H and O–H groups in total. The smallest absolute Gasteiger partial charge is 0.263 e. The van der Waals surface area contributed by atoms with Crippen LogP contribution < -0.4 is 0 Å². The van der Waals surface area contributed by atoms with Gasteiger partial charge in [-0.2, -0.15) is 0 Å². The zero-order valence-corrected chi connectivity index (χ0v) is 24.6. The third-order valence-electron chi connectivity index (χ3n) is 8.59. The summed E-state index contributed by atoms with van der Waals surface area (Å²) in [5, 5.41) is 9.08. The molecule has 2 aliphatic heterocycles. The highest BCUT2D eigenvalue weighted by Crippen LogP contribution is 2.46. The molecule has 0 saturated carbocycles. The molecule has 4 aromatic carbocycles. The average Bonchev–Trinajstić information content (AvgIpc) is 3.95. The first kappa shape index (κ1) is 27.6. The van der Waals surface area contributed by atoms with E-state index in [0.717, 1.165) is 33.7 Å². The Morgan fingerprint density at radius 2 is 0.848 bits per heavy atom. The zero-order chi connectivity index (χ0) is 30.9. The van der Waals surface area contributed by atoms with E-state index in [-0.39, 0.29) is 17.3 Å². The van der Waals surface area contributed by atoms with Crippen LogP contribution in [0.25, 0.3) is 0 Å². The van der Waals surface area contributed by atoms with E-state index in [4.69, 9.17) is 18.5 Å². The van der Waals surface area contributed by atoms with Crippen LogP contribution in [0.5, 0.6) is 0 Å². The lowest BCUT2D eigenvalue weighted by Crippen LogP contribution is -2.20. The zero-order valence-electron chi connectivity index (χ0n) is 24.6. The Balaban J connectivity index is 1.21. The first-order valence-electron chi connectivity index (χ1n) is 15.2. The maximum atomic E-state index is 14.5. The van der Waals surface area contributed by atoms with Crippen molar-refractivity contribution in [2.75, 3.05) is 0 Å². The maximum absolute atomic E-state index is 14.5. The molecule has 0 radical (unpaired) electrons. The fraction of sp³-hybridized carbons (Fsp3) is 0.103. The Morgan fingerprint density at radius 1 is 0.478 bits per heavy atom. The molecule has 6 aromatic rings. The quantitative estimate of drug-likeness (QED) is 0.162. The van der Waals surface area contributed by atoms with Crippen LogP contribution in [0.3, 0.4) is 0 Å². The molecule has 0 aliphatic carbocycles. The van der Waals surface area contributed by atoms with Crippen LogP contribution in [0.1, 0.15) is 73.7 Å². The first-order chi connectivity index (χ1) is 22.8. The van der Waals surface area contributed by atoms with E-state index in [1.54, 1.807) is 0 Å². The van der Waals surface area contributed by atoms with Gasteiger partial charge in [-0.05, 0) is 23.3 Å². The summed E-state index contributed by atoms with van der Waals surface area (Å²) in [6, 6.07) is 43.1. The van der Waals surface area contributed by atoms with Crippen LogP contribution in [0.15, 0.2) is 165 Å². The van der Waals surface area contributed by atoms with Gasteiger partial charge in [0.2, 0.25) is 0 Å². The monoisotopic (exact) mass is 604 g/mol. The summed E-state index contributed by atoms with van der Waals surface area (Å²) < 4.78 is 12.0. The second-order valence-electron chi connectivity index (χ2n) is 11.3. The largest absolute Gasteiger partial charge is 0.460 e. The predicted molar refractivity (Wildman–Crippen MR) is 173 cm³/mol. The molecule has 4 unspecified atom stereocenters. The van der Waals surface area contributed by atoms with Gasteiger partial charge in [0, 0.05) is 22.3 Å². The van der Waals surface area contributed by atoms with Crippen molar-refractivity contribution >= 4 is 17.2 Å². The normalized spacial score (nSPS) is 20.4. The van der Waals surface area contributed by atoms with Crippen molar-refractivity contribution in [1.82, 2.24) is 0 Å². The van der Waals surface area contributed by atoms with E-state index < -0.39 is 24.0 Å². The van der Waals surface area contributed by atoms with Crippen LogP contribution in [0, 0.1) is 0 Å². The molecule has 46 heavy (non-hydrogen) atoms. The van der Waals surface area contributed by atoms with Crippen molar-refractivity contribution in [3.8, 4) is 0 Å². The molecule has 7 heteroatoms. The van der Waals surface area contributed by atoms with Gasteiger partial charge in [-0.15, -0.1) is 0 Å². The predicted octanol–water partition coefficient (Wildman–Crippen LogP) is 8.62. The summed E-state index contributed by atoms with van der Waals surface area (Å²) in [6.45, 7) is 0. The lowest BCUT2D eigenvalue weighted by molar-refractivity contribution is 0.0752. The number of benzene rings is 4. The van der Waals surface area contributed by atoms with Crippen molar-refractivity contribution in [3.63, 3.8) is 0 Å². The van der Waals surface area contributed by atoms with Crippen LogP contribution in [0.4, 0.5) is 0 Å². The summed E-state index contributed by atoms with van der Waals surface area (Å²) in [7, 11) is 0. The minimum atomic E-state index is -0.459. The Labute approximate surface area is 265 Å². The minimum Gasteiger partial charge on any atom is -0.460 e. The molecule has 4 heterocycles. The van der Waals surface area contributed by atoms with E-state index in [2.05, 4.69) is 10.3 Å². The number of rotatable bonds is 8. The molecule has 0 amide bonds. The average molecular weight is 605 g/mol. The van der Waals surface area contributed by atoms with Gasteiger partial charge in [0.05, 0.1) is 35.8 Å². The van der Waals surface area contributed by atoms with Crippen LogP contribution in [-0.4, -0.2) is 17.2 Å². The molecule has 0 fully saturated rings. The molecule has 0 saturated heterocycles. The molecule has 0 bridgehead atoms. The summed E-state index contributed by atoms with van der Waals surface area (Å²) in [5.74, 6) is -0.852. The molecule has 2 aromatic heterocycles. The topological polar surface area (TPSA) is 86.5 Å². The standard InChI is InChI=1S/C39H28N2O5/c42-35(38-29(21-23-43-38)31-33(25-13-5-1-6-14-25)40-45-36(31)27-17-9-3-10-18-27)39-30(22-24-44-39)32-34(26-15-7-2-8-16-26)41-46-37(32)28-19-11-4-12-20-28/h1-24,31-32,36-37H. The van der Waals surface area contributed by atoms with Gasteiger partial charge in [-0.25, -0.2) is 0 Å². The number of hydrogen-bond donors (Lipinski definition) is 0. The van der Waals surface area contributed by atoms with E-state index >= 15 is 0 Å². The summed E-state index contributed by atoms with van der Waals surface area (Å²) in [5.41, 5.74) is 6.47. The highest BCUT2D eigenvalue weighted by atomic mass is 16.6. The molecule has 4 atom stereocenters. The number of carbonyl (C=O) groups excluding carboxylic acids is 1. The molecule has 2 aliphatic rings. The van der Waals surface area contributed by atoms with Crippen molar-refractivity contribution in [2.45, 2.75) is 24.0 Å². The lowest BCUT2D eigenvalue weighted by Gasteiger charge is -2.20. The van der Waals surface area contributed by atoms with Gasteiger partial charge in [0.25, 0.3) is 5.78 Å². The number of carbonyl (C=O) groups is 1. The van der Waals surface area contributed by atoms with Crippen molar-refractivity contribution in [3.05, 3.63) is 191 Å². The van der Waals surface area contributed by atoms with Crippen molar-refractivity contribution in [2.24, 2.45) is 10.3 Å². The van der Waals surface area contributed by atoms with E-state index in [1.807, 2.05) is 133 Å². The van der Waals surface area contributed by atoms with E-state index in [0.29, 0.717) is 11.1 Å². The number of furan rings is 2. The number of ketones is 1. The Hall–Kier alpha value is -5.95. The van der Waals surface area contributed by atoms with Crippen LogP contribution in [-0.2, 0) is 9.68 Å². The SMILES string of the molecule is O=C(c1occc1C1C(c2ccccc2)=NOC1c1ccccc1)c1occc1C1C(c2ccccc2)=NOC1c1ccccc1. The summed E-state index contributed by atoms with van der Waals surface area (Å²) in [4.78, 5) is 26.7. The van der Waals surface area contributed by atoms with Crippen LogP contribution in [0.2, 0.25) is 0 Å². The second kappa shape index (κ2) is 11.9.